The standard InChI is InChI=1S/C32H36N6O4/c1-37-29(16-17-33-31(39)26-14-12-25(13-15-26)24-8-4-2-5-9-24)35-36-30(37)32(40)34-22-27(38-18-20-41-21-19-38)23-42-28-10-6-3-7-11-28/h2-15,27H,16-23H2,1H3,(H,33,39)(H,34,40). The number of carbonyl (C=O) groups excluding carboxylic acids is 2. The summed E-state index contributed by atoms with van der Waals surface area (Å²) >= 11 is 0. The van der Waals surface area contributed by atoms with E-state index in [9.17, 15) is 9.59 Å². The van der Waals surface area contributed by atoms with Crippen LogP contribution >= 0.6 is 0 Å². The molecule has 2 amide bonds. The summed E-state index contributed by atoms with van der Waals surface area (Å²) in [5.41, 5.74) is 2.74. The Morgan fingerprint density at radius 1 is 0.857 bits per heavy atom. The molecule has 0 aliphatic carbocycles. The van der Waals surface area contributed by atoms with E-state index in [4.69, 9.17) is 9.47 Å². The Balaban J connectivity index is 1.11. The number of benzene rings is 3. The average Bonchev–Trinajstić information content (AvgIpc) is 3.42. The molecular weight excluding hydrogens is 532 g/mol. The van der Waals surface area contributed by atoms with Crippen LogP contribution in [-0.4, -0.2) is 83.5 Å². The first-order valence-electron chi connectivity index (χ1n) is 14.2. The fraction of sp³-hybridized carbons (Fsp3) is 0.312. The molecule has 10 nitrogen and oxygen atoms in total. The van der Waals surface area contributed by atoms with E-state index >= 15 is 0 Å². The number of morpholine rings is 1. The van der Waals surface area contributed by atoms with Gasteiger partial charge in [-0.2, -0.15) is 0 Å². The highest BCUT2D eigenvalue weighted by molar-refractivity contribution is 5.94. The monoisotopic (exact) mass is 568 g/mol. The third-order valence-electron chi connectivity index (χ3n) is 7.30. The minimum atomic E-state index is -0.309. The van der Waals surface area contributed by atoms with Crippen molar-refractivity contribution in [1.29, 1.82) is 0 Å². The van der Waals surface area contributed by atoms with Crippen LogP contribution in [0.1, 0.15) is 26.8 Å². The van der Waals surface area contributed by atoms with Crippen LogP contribution in [0.5, 0.6) is 5.75 Å². The van der Waals surface area contributed by atoms with E-state index in [2.05, 4.69) is 25.7 Å². The Hall–Kier alpha value is -4.54. The molecular formula is C32H36N6O4. The summed E-state index contributed by atoms with van der Waals surface area (Å²) in [7, 11) is 1.76. The van der Waals surface area contributed by atoms with Crippen molar-refractivity contribution in [3.05, 3.63) is 102 Å². The van der Waals surface area contributed by atoms with Crippen molar-refractivity contribution in [2.75, 3.05) is 46.0 Å². The minimum absolute atomic E-state index is 0.0253. The Kier molecular flexibility index (Phi) is 9.92. The van der Waals surface area contributed by atoms with Crippen LogP contribution in [0.25, 0.3) is 11.1 Å². The zero-order chi connectivity index (χ0) is 29.1. The van der Waals surface area contributed by atoms with E-state index in [0.717, 1.165) is 30.0 Å². The van der Waals surface area contributed by atoms with E-state index in [-0.39, 0.29) is 23.7 Å². The molecule has 1 aliphatic rings. The second-order valence-electron chi connectivity index (χ2n) is 10.1. The van der Waals surface area contributed by atoms with Crippen molar-refractivity contribution < 1.29 is 19.1 Å². The topological polar surface area (TPSA) is 111 Å². The van der Waals surface area contributed by atoms with Crippen molar-refractivity contribution >= 4 is 11.8 Å². The first-order chi connectivity index (χ1) is 20.6. The number of rotatable bonds is 12. The highest BCUT2D eigenvalue weighted by Gasteiger charge is 2.24. The molecule has 0 saturated carbocycles. The quantitative estimate of drug-likeness (QED) is 0.270. The summed E-state index contributed by atoms with van der Waals surface area (Å²) in [6.07, 6.45) is 0.436. The molecule has 1 aromatic heterocycles. The lowest BCUT2D eigenvalue weighted by atomic mass is 10.0. The Morgan fingerprint density at radius 3 is 2.24 bits per heavy atom. The van der Waals surface area contributed by atoms with E-state index in [1.54, 1.807) is 11.6 Å². The number of ether oxygens (including phenoxy) is 2. The van der Waals surface area contributed by atoms with Gasteiger partial charge in [-0.15, -0.1) is 10.2 Å². The summed E-state index contributed by atoms with van der Waals surface area (Å²) in [5.74, 6) is 1.14. The van der Waals surface area contributed by atoms with Crippen LogP contribution in [0.4, 0.5) is 0 Å². The number of hydrogen-bond acceptors (Lipinski definition) is 7. The minimum Gasteiger partial charge on any atom is -0.492 e. The molecule has 10 heteroatoms. The average molecular weight is 569 g/mol. The lowest BCUT2D eigenvalue weighted by Gasteiger charge is -2.34. The molecule has 1 fully saturated rings. The fourth-order valence-corrected chi connectivity index (χ4v) is 4.85. The fourth-order valence-electron chi connectivity index (χ4n) is 4.85. The number of nitrogens with zero attached hydrogens (tertiary/aromatic N) is 4. The van der Waals surface area contributed by atoms with Gasteiger partial charge in [0, 0.05) is 45.2 Å². The highest BCUT2D eigenvalue weighted by Crippen LogP contribution is 2.19. The summed E-state index contributed by atoms with van der Waals surface area (Å²) in [6.45, 7) is 4.04. The third-order valence-corrected chi connectivity index (χ3v) is 7.30. The molecule has 4 aromatic rings. The maximum absolute atomic E-state index is 13.0. The number of hydrogen-bond donors (Lipinski definition) is 2. The summed E-state index contributed by atoms with van der Waals surface area (Å²) in [6, 6.07) is 27.2. The van der Waals surface area contributed by atoms with Gasteiger partial charge in [-0.3, -0.25) is 14.5 Å². The van der Waals surface area contributed by atoms with Gasteiger partial charge in [0.25, 0.3) is 11.8 Å². The lowest BCUT2D eigenvalue weighted by molar-refractivity contribution is 0.00640. The van der Waals surface area contributed by atoms with Crippen molar-refractivity contribution in [3.8, 4) is 16.9 Å². The van der Waals surface area contributed by atoms with Gasteiger partial charge in [-0.25, -0.2) is 0 Å². The molecule has 1 unspecified atom stereocenters. The summed E-state index contributed by atoms with van der Waals surface area (Å²) in [4.78, 5) is 28.0. The summed E-state index contributed by atoms with van der Waals surface area (Å²) in [5, 5.41) is 14.2. The smallest absolute Gasteiger partial charge is 0.289 e. The Bertz CT molecular complexity index is 1440. The van der Waals surface area contributed by atoms with Crippen molar-refractivity contribution in [2.45, 2.75) is 12.5 Å². The van der Waals surface area contributed by atoms with E-state index in [1.165, 1.54) is 0 Å². The van der Waals surface area contributed by atoms with Gasteiger partial charge in [-0.05, 0) is 35.4 Å². The van der Waals surface area contributed by atoms with Crippen molar-refractivity contribution in [1.82, 2.24) is 30.3 Å². The van der Waals surface area contributed by atoms with Crippen LogP contribution in [-0.2, 0) is 18.2 Å². The second kappa shape index (κ2) is 14.4. The summed E-state index contributed by atoms with van der Waals surface area (Å²) < 4.78 is 13.2. The molecule has 1 atom stereocenters. The third kappa shape index (κ3) is 7.59. The molecule has 218 valence electrons. The highest BCUT2D eigenvalue weighted by atomic mass is 16.5. The maximum Gasteiger partial charge on any atom is 0.289 e. The number of amides is 2. The van der Waals surface area contributed by atoms with Crippen molar-refractivity contribution in [3.63, 3.8) is 0 Å². The SMILES string of the molecule is Cn1c(CCNC(=O)c2ccc(-c3ccccc3)cc2)nnc1C(=O)NCC(COc1ccccc1)N1CCOCC1. The molecule has 0 radical (unpaired) electrons. The second-order valence-corrected chi connectivity index (χ2v) is 10.1. The molecule has 2 heterocycles. The Morgan fingerprint density at radius 2 is 1.52 bits per heavy atom. The molecule has 2 N–H and O–H groups in total. The Labute approximate surface area is 245 Å². The van der Waals surface area contributed by atoms with Crippen LogP contribution in [0.3, 0.4) is 0 Å². The van der Waals surface area contributed by atoms with Gasteiger partial charge < -0.3 is 24.7 Å². The predicted molar refractivity (Wildman–Crippen MR) is 159 cm³/mol. The van der Waals surface area contributed by atoms with Gasteiger partial charge >= 0.3 is 0 Å². The van der Waals surface area contributed by atoms with Gasteiger partial charge in [0.1, 0.15) is 18.2 Å². The number of carbonyl (C=O) groups is 2. The number of para-hydroxylation sites is 1. The molecule has 42 heavy (non-hydrogen) atoms. The van der Waals surface area contributed by atoms with Gasteiger partial charge in [0.15, 0.2) is 0 Å². The normalized spacial score (nSPS) is 14.2. The first kappa shape index (κ1) is 29.0. The molecule has 5 rings (SSSR count). The van der Waals surface area contributed by atoms with Gasteiger partial charge in [0.05, 0.1) is 19.3 Å². The largest absolute Gasteiger partial charge is 0.492 e. The van der Waals surface area contributed by atoms with Crippen LogP contribution in [0, 0.1) is 0 Å². The molecule has 1 saturated heterocycles. The van der Waals surface area contributed by atoms with E-state index in [1.807, 2.05) is 84.9 Å². The van der Waals surface area contributed by atoms with E-state index in [0.29, 0.717) is 50.7 Å². The van der Waals surface area contributed by atoms with Crippen LogP contribution < -0.4 is 15.4 Å². The molecule has 3 aromatic carbocycles. The number of aromatic nitrogens is 3. The molecule has 1 aliphatic heterocycles. The van der Waals surface area contributed by atoms with E-state index < -0.39 is 0 Å². The number of nitrogens with one attached hydrogen (secondary N) is 2. The van der Waals surface area contributed by atoms with Gasteiger partial charge in [0.2, 0.25) is 5.82 Å². The van der Waals surface area contributed by atoms with Crippen LogP contribution in [0.2, 0.25) is 0 Å². The zero-order valence-electron chi connectivity index (χ0n) is 23.7. The maximum atomic E-state index is 13.0. The van der Waals surface area contributed by atoms with Crippen molar-refractivity contribution in [2.24, 2.45) is 7.05 Å². The van der Waals surface area contributed by atoms with Crippen LogP contribution in [0.15, 0.2) is 84.9 Å². The zero-order valence-corrected chi connectivity index (χ0v) is 23.7. The first-order valence-corrected chi connectivity index (χ1v) is 14.2. The lowest BCUT2D eigenvalue weighted by Crippen LogP contribution is -2.51. The molecule has 0 bridgehead atoms. The molecule has 0 spiro atoms. The predicted octanol–water partition coefficient (Wildman–Crippen LogP) is 2.96. The van der Waals surface area contributed by atoms with Gasteiger partial charge in [-0.1, -0.05) is 60.7 Å².